The number of rotatable bonds is 3. The number of nitrogens with zero attached hydrogens (tertiary/aromatic N) is 3. The van der Waals surface area contributed by atoms with E-state index < -0.39 is 0 Å². The molecule has 0 saturated carbocycles. The molecule has 6 heteroatoms. The highest BCUT2D eigenvalue weighted by atomic mass is 19.1. The van der Waals surface area contributed by atoms with Gasteiger partial charge in [0.1, 0.15) is 18.0 Å². The molecule has 0 spiro atoms. The Hall–Kier alpha value is -2.24. The van der Waals surface area contributed by atoms with Gasteiger partial charge in [0.05, 0.1) is 6.42 Å². The van der Waals surface area contributed by atoms with Crippen molar-refractivity contribution in [1.82, 2.24) is 20.1 Å². The number of fused-ring (bicyclic) bond motifs is 1. The van der Waals surface area contributed by atoms with Crippen molar-refractivity contribution in [1.29, 1.82) is 0 Å². The van der Waals surface area contributed by atoms with Crippen molar-refractivity contribution in [3.8, 4) is 0 Å². The zero-order valence-electron chi connectivity index (χ0n) is 11.6. The number of halogens is 1. The summed E-state index contributed by atoms with van der Waals surface area (Å²) in [6.07, 6.45) is 4.58. The van der Waals surface area contributed by atoms with Crippen LogP contribution >= 0.6 is 0 Å². The molecule has 1 aliphatic heterocycles. The van der Waals surface area contributed by atoms with Gasteiger partial charge < -0.3 is 9.88 Å². The molecule has 1 unspecified atom stereocenters. The van der Waals surface area contributed by atoms with Crippen molar-refractivity contribution >= 4 is 5.91 Å². The Balaban J connectivity index is 1.53. The van der Waals surface area contributed by atoms with Crippen LogP contribution in [0.4, 0.5) is 4.39 Å². The first-order valence-corrected chi connectivity index (χ1v) is 7.11. The van der Waals surface area contributed by atoms with Crippen LogP contribution < -0.4 is 5.32 Å². The summed E-state index contributed by atoms with van der Waals surface area (Å²) in [6, 6.07) is 6.19. The van der Waals surface area contributed by atoms with Gasteiger partial charge in [0.2, 0.25) is 5.91 Å². The van der Waals surface area contributed by atoms with Gasteiger partial charge in [0.25, 0.3) is 0 Å². The molecule has 1 aliphatic rings. The summed E-state index contributed by atoms with van der Waals surface area (Å²) < 4.78 is 14.9. The van der Waals surface area contributed by atoms with E-state index in [1.165, 1.54) is 12.1 Å². The SMILES string of the molecule is O=C(Cc1ccc(F)cc1)NC1CCc2nncn2CC1. The number of carbonyl (C=O) groups is 1. The Bertz CT molecular complexity index is 600. The summed E-state index contributed by atoms with van der Waals surface area (Å²) >= 11 is 0. The minimum atomic E-state index is -0.286. The quantitative estimate of drug-likeness (QED) is 0.930. The lowest BCUT2D eigenvalue weighted by Gasteiger charge is -2.16. The van der Waals surface area contributed by atoms with Crippen molar-refractivity contribution in [2.75, 3.05) is 0 Å². The molecule has 0 bridgehead atoms. The van der Waals surface area contributed by atoms with E-state index in [1.54, 1.807) is 18.5 Å². The molecule has 1 aromatic heterocycles. The van der Waals surface area contributed by atoms with Gasteiger partial charge in [-0.05, 0) is 30.5 Å². The van der Waals surface area contributed by atoms with Gasteiger partial charge in [-0.2, -0.15) is 0 Å². The molecule has 21 heavy (non-hydrogen) atoms. The van der Waals surface area contributed by atoms with E-state index in [0.717, 1.165) is 37.2 Å². The third-order valence-corrected chi connectivity index (χ3v) is 3.77. The van der Waals surface area contributed by atoms with Crippen LogP contribution in [0.3, 0.4) is 0 Å². The van der Waals surface area contributed by atoms with Crippen LogP contribution in [0.1, 0.15) is 24.2 Å². The highest BCUT2D eigenvalue weighted by molar-refractivity contribution is 5.78. The standard InChI is InChI=1S/C15H17FN4O/c16-12-3-1-11(2-4-12)9-15(21)18-13-5-6-14-19-17-10-20(14)8-7-13/h1-4,10,13H,5-9H2,(H,18,21). The molecule has 0 radical (unpaired) electrons. The van der Waals surface area contributed by atoms with Crippen LogP contribution in [0.25, 0.3) is 0 Å². The van der Waals surface area contributed by atoms with E-state index >= 15 is 0 Å². The first-order chi connectivity index (χ1) is 10.2. The molecule has 1 atom stereocenters. The zero-order chi connectivity index (χ0) is 14.7. The maximum Gasteiger partial charge on any atom is 0.224 e. The number of benzene rings is 1. The number of aryl methyl sites for hydroxylation is 2. The summed E-state index contributed by atoms with van der Waals surface area (Å²) in [5.41, 5.74) is 0.819. The summed E-state index contributed by atoms with van der Waals surface area (Å²) in [7, 11) is 0. The number of amides is 1. The predicted molar refractivity (Wildman–Crippen MR) is 75.0 cm³/mol. The molecule has 110 valence electrons. The van der Waals surface area contributed by atoms with Gasteiger partial charge in [0, 0.05) is 19.0 Å². The van der Waals surface area contributed by atoms with Gasteiger partial charge in [-0.15, -0.1) is 10.2 Å². The van der Waals surface area contributed by atoms with E-state index in [1.807, 2.05) is 4.57 Å². The predicted octanol–water partition coefficient (Wildman–Crippen LogP) is 1.48. The molecule has 2 heterocycles. The number of hydrogen-bond donors (Lipinski definition) is 1. The second-order valence-corrected chi connectivity index (χ2v) is 5.34. The third kappa shape index (κ3) is 3.45. The Morgan fingerprint density at radius 2 is 2.14 bits per heavy atom. The van der Waals surface area contributed by atoms with E-state index in [2.05, 4.69) is 15.5 Å². The van der Waals surface area contributed by atoms with Crippen molar-refractivity contribution in [2.24, 2.45) is 0 Å². The molecule has 0 aliphatic carbocycles. The van der Waals surface area contributed by atoms with Crippen molar-refractivity contribution < 1.29 is 9.18 Å². The first-order valence-electron chi connectivity index (χ1n) is 7.11. The Kier molecular flexibility index (Phi) is 3.94. The molecule has 1 aromatic carbocycles. The van der Waals surface area contributed by atoms with E-state index in [0.29, 0.717) is 0 Å². The lowest BCUT2D eigenvalue weighted by molar-refractivity contribution is -0.121. The summed E-state index contributed by atoms with van der Waals surface area (Å²) in [4.78, 5) is 12.0. The molecule has 0 fully saturated rings. The van der Waals surface area contributed by atoms with Gasteiger partial charge >= 0.3 is 0 Å². The molecule has 2 aromatic rings. The van der Waals surface area contributed by atoms with E-state index in [9.17, 15) is 9.18 Å². The topological polar surface area (TPSA) is 59.8 Å². The summed E-state index contributed by atoms with van der Waals surface area (Å²) in [5, 5.41) is 11.0. The number of nitrogens with one attached hydrogen (secondary N) is 1. The highest BCUT2D eigenvalue weighted by Gasteiger charge is 2.18. The smallest absolute Gasteiger partial charge is 0.224 e. The maximum atomic E-state index is 12.8. The molecule has 1 N–H and O–H groups in total. The number of aromatic nitrogens is 3. The van der Waals surface area contributed by atoms with Crippen LogP contribution in [0.5, 0.6) is 0 Å². The van der Waals surface area contributed by atoms with Gasteiger partial charge in [-0.1, -0.05) is 12.1 Å². The fourth-order valence-corrected chi connectivity index (χ4v) is 2.61. The first kappa shape index (κ1) is 13.7. The van der Waals surface area contributed by atoms with Crippen LogP contribution in [-0.2, 0) is 24.2 Å². The fraction of sp³-hybridized carbons (Fsp3) is 0.400. The fourth-order valence-electron chi connectivity index (χ4n) is 2.61. The van der Waals surface area contributed by atoms with Crippen molar-refractivity contribution in [2.45, 2.75) is 38.3 Å². The van der Waals surface area contributed by atoms with Crippen LogP contribution in [0.2, 0.25) is 0 Å². The van der Waals surface area contributed by atoms with Gasteiger partial charge in [-0.25, -0.2) is 4.39 Å². The summed E-state index contributed by atoms with van der Waals surface area (Å²) in [5.74, 6) is 0.667. The highest BCUT2D eigenvalue weighted by Crippen LogP contribution is 2.13. The lowest BCUT2D eigenvalue weighted by atomic mass is 10.1. The van der Waals surface area contributed by atoms with Crippen LogP contribution in [-0.4, -0.2) is 26.7 Å². The number of carbonyl (C=O) groups excluding carboxylic acids is 1. The Morgan fingerprint density at radius 3 is 2.95 bits per heavy atom. The summed E-state index contributed by atoms with van der Waals surface area (Å²) in [6.45, 7) is 0.823. The lowest BCUT2D eigenvalue weighted by Crippen LogP contribution is -2.36. The Labute approximate surface area is 122 Å². The van der Waals surface area contributed by atoms with Crippen LogP contribution in [0, 0.1) is 5.82 Å². The average molecular weight is 288 g/mol. The zero-order valence-corrected chi connectivity index (χ0v) is 11.6. The normalized spacial score (nSPS) is 17.9. The molecule has 1 amide bonds. The van der Waals surface area contributed by atoms with E-state index in [-0.39, 0.29) is 24.2 Å². The van der Waals surface area contributed by atoms with Crippen molar-refractivity contribution in [3.05, 3.63) is 47.8 Å². The second-order valence-electron chi connectivity index (χ2n) is 5.34. The van der Waals surface area contributed by atoms with Crippen molar-refractivity contribution in [3.63, 3.8) is 0 Å². The molecular formula is C15H17FN4O. The third-order valence-electron chi connectivity index (χ3n) is 3.77. The maximum absolute atomic E-state index is 12.8. The minimum absolute atomic E-state index is 0.0238. The van der Waals surface area contributed by atoms with Crippen LogP contribution in [0.15, 0.2) is 30.6 Å². The van der Waals surface area contributed by atoms with Gasteiger partial charge in [0.15, 0.2) is 0 Å². The monoisotopic (exact) mass is 288 g/mol. The largest absolute Gasteiger partial charge is 0.353 e. The molecule has 3 rings (SSSR count). The molecule has 0 saturated heterocycles. The molecular weight excluding hydrogens is 271 g/mol. The molecule has 5 nitrogen and oxygen atoms in total. The number of hydrogen-bond acceptors (Lipinski definition) is 3. The van der Waals surface area contributed by atoms with E-state index in [4.69, 9.17) is 0 Å². The van der Waals surface area contributed by atoms with Gasteiger partial charge in [-0.3, -0.25) is 4.79 Å². The minimum Gasteiger partial charge on any atom is -0.353 e. The second kappa shape index (κ2) is 6.03. The Morgan fingerprint density at radius 1 is 1.33 bits per heavy atom. The average Bonchev–Trinajstić information content (AvgIpc) is 2.84.